The molecule has 2 saturated carbocycles. The SMILES string of the molecule is c1ccc(C2CC(NCC3CCC3)C2)cc1. The summed E-state index contributed by atoms with van der Waals surface area (Å²) in [4.78, 5) is 0. The summed E-state index contributed by atoms with van der Waals surface area (Å²) in [6, 6.07) is 11.8. The Hall–Kier alpha value is -0.820. The maximum Gasteiger partial charge on any atom is 0.00788 e. The van der Waals surface area contributed by atoms with Crippen LogP contribution < -0.4 is 5.32 Å². The zero-order chi connectivity index (χ0) is 10.8. The zero-order valence-electron chi connectivity index (χ0n) is 9.86. The van der Waals surface area contributed by atoms with Gasteiger partial charge in [0.25, 0.3) is 0 Å². The van der Waals surface area contributed by atoms with E-state index in [2.05, 4.69) is 35.6 Å². The fourth-order valence-electron chi connectivity index (χ4n) is 2.81. The van der Waals surface area contributed by atoms with Crippen LogP contribution in [0.2, 0.25) is 0 Å². The number of benzene rings is 1. The molecule has 0 amide bonds. The van der Waals surface area contributed by atoms with Crippen molar-refractivity contribution in [3.63, 3.8) is 0 Å². The van der Waals surface area contributed by atoms with Gasteiger partial charge in [-0.3, -0.25) is 0 Å². The van der Waals surface area contributed by atoms with E-state index >= 15 is 0 Å². The number of hydrogen-bond acceptors (Lipinski definition) is 1. The van der Waals surface area contributed by atoms with E-state index in [1.165, 1.54) is 44.2 Å². The van der Waals surface area contributed by atoms with E-state index in [0.29, 0.717) is 0 Å². The summed E-state index contributed by atoms with van der Waals surface area (Å²) in [5, 5.41) is 3.72. The van der Waals surface area contributed by atoms with Crippen LogP contribution in [-0.4, -0.2) is 12.6 Å². The van der Waals surface area contributed by atoms with Gasteiger partial charge in [0.2, 0.25) is 0 Å². The van der Waals surface area contributed by atoms with Gasteiger partial charge in [0.05, 0.1) is 0 Å². The minimum atomic E-state index is 0.797. The van der Waals surface area contributed by atoms with Gasteiger partial charge in [0, 0.05) is 6.04 Å². The average Bonchev–Trinajstić information content (AvgIpc) is 2.20. The van der Waals surface area contributed by atoms with Gasteiger partial charge in [-0.2, -0.15) is 0 Å². The van der Waals surface area contributed by atoms with Crippen molar-refractivity contribution in [3.05, 3.63) is 35.9 Å². The normalized spacial score (nSPS) is 29.5. The fourth-order valence-corrected chi connectivity index (χ4v) is 2.81. The Kier molecular flexibility index (Phi) is 2.96. The molecule has 0 spiro atoms. The lowest BCUT2D eigenvalue weighted by molar-refractivity contribution is 0.237. The third-order valence-electron chi connectivity index (χ3n) is 4.33. The van der Waals surface area contributed by atoms with E-state index in [1.807, 2.05) is 0 Å². The first-order valence-corrected chi connectivity index (χ1v) is 6.70. The lowest BCUT2D eigenvalue weighted by Crippen LogP contribution is -2.43. The molecule has 1 aromatic rings. The van der Waals surface area contributed by atoms with Crippen molar-refractivity contribution in [1.82, 2.24) is 5.32 Å². The van der Waals surface area contributed by atoms with Gasteiger partial charge in [0.15, 0.2) is 0 Å². The topological polar surface area (TPSA) is 12.0 Å². The number of rotatable bonds is 4. The Labute approximate surface area is 98.3 Å². The Morgan fingerprint density at radius 2 is 1.81 bits per heavy atom. The number of hydrogen-bond donors (Lipinski definition) is 1. The first-order valence-electron chi connectivity index (χ1n) is 6.70. The van der Waals surface area contributed by atoms with Crippen LogP contribution in [0.25, 0.3) is 0 Å². The Morgan fingerprint density at radius 3 is 2.44 bits per heavy atom. The Morgan fingerprint density at radius 1 is 1.06 bits per heavy atom. The lowest BCUT2D eigenvalue weighted by Gasteiger charge is -2.38. The van der Waals surface area contributed by atoms with Crippen molar-refractivity contribution in [2.24, 2.45) is 5.92 Å². The van der Waals surface area contributed by atoms with Gasteiger partial charge < -0.3 is 5.32 Å². The van der Waals surface area contributed by atoms with E-state index in [-0.39, 0.29) is 0 Å². The molecule has 0 radical (unpaired) electrons. The molecular formula is C15H21N. The van der Waals surface area contributed by atoms with Crippen molar-refractivity contribution >= 4 is 0 Å². The van der Waals surface area contributed by atoms with Crippen LogP contribution in [0.5, 0.6) is 0 Å². The highest BCUT2D eigenvalue weighted by molar-refractivity contribution is 5.22. The van der Waals surface area contributed by atoms with Crippen molar-refractivity contribution in [3.8, 4) is 0 Å². The van der Waals surface area contributed by atoms with Crippen LogP contribution >= 0.6 is 0 Å². The third-order valence-corrected chi connectivity index (χ3v) is 4.33. The molecular weight excluding hydrogens is 194 g/mol. The molecule has 1 heteroatoms. The molecule has 0 aliphatic heterocycles. The Balaban J connectivity index is 1.41. The second-order valence-corrected chi connectivity index (χ2v) is 5.48. The second-order valence-electron chi connectivity index (χ2n) is 5.48. The number of nitrogens with one attached hydrogen (secondary N) is 1. The van der Waals surface area contributed by atoms with E-state index in [0.717, 1.165) is 17.9 Å². The maximum atomic E-state index is 3.72. The van der Waals surface area contributed by atoms with Crippen LogP contribution in [0.15, 0.2) is 30.3 Å². The smallest absolute Gasteiger partial charge is 0.00788 e. The molecule has 2 aliphatic rings. The predicted molar refractivity (Wildman–Crippen MR) is 67.5 cm³/mol. The molecule has 0 heterocycles. The van der Waals surface area contributed by atoms with E-state index in [4.69, 9.17) is 0 Å². The van der Waals surface area contributed by atoms with Gasteiger partial charge in [-0.25, -0.2) is 0 Å². The highest BCUT2D eigenvalue weighted by atomic mass is 14.9. The zero-order valence-corrected chi connectivity index (χ0v) is 9.86. The summed E-state index contributed by atoms with van der Waals surface area (Å²) < 4.78 is 0. The highest BCUT2D eigenvalue weighted by Gasteiger charge is 2.30. The monoisotopic (exact) mass is 215 g/mol. The second kappa shape index (κ2) is 4.58. The predicted octanol–water partition coefficient (Wildman–Crippen LogP) is 3.32. The molecule has 0 saturated heterocycles. The van der Waals surface area contributed by atoms with Crippen LogP contribution in [0.3, 0.4) is 0 Å². The molecule has 1 nitrogen and oxygen atoms in total. The molecule has 1 aromatic carbocycles. The molecule has 1 N–H and O–H groups in total. The third kappa shape index (κ3) is 2.15. The van der Waals surface area contributed by atoms with E-state index in [9.17, 15) is 0 Å². The first kappa shape index (κ1) is 10.3. The van der Waals surface area contributed by atoms with Gasteiger partial charge in [-0.15, -0.1) is 0 Å². The molecule has 16 heavy (non-hydrogen) atoms. The maximum absolute atomic E-state index is 3.72. The summed E-state index contributed by atoms with van der Waals surface area (Å²) in [7, 11) is 0. The molecule has 0 bridgehead atoms. The van der Waals surface area contributed by atoms with Gasteiger partial charge >= 0.3 is 0 Å². The van der Waals surface area contributed by atoms with Crippen molar-refractivity contribution in [2.75, 3.05) is 6.54 Å². The van der Waals surface area contributed by atoms with Crippen molar-refractivity contribution in [2.45, 2.75) is 44.1 Å². The van der Waals surface area contributed by atoms with Crippen LogP contribution in [-0.2, 0) is 0 Å². The summed E-state index contributed by atoms with van der Waals surface area (Å²) in [6.45, 7) is 1.27. The van der Waals surface area contributed by atoms with Gasteiger partial charge in [0.1, 0.15) is 0 Å². The van der Waals surface area contributed by atoms with Gasteiger partial charge in [-0.05, 0) is 49.6 Å². The molecule has 0 aromatic heterocycles. The molecule has 3 rings (SSSR count). The average molecular weight is 215 g/mol. The standard InChI is InChI=1S/C15H21N/c1-2-7-13(8-3-1)14-9-15(10-14)16-11-12-5-4-6-12/h1-3,7-8,12,14-16H,4-6,9-11H2. The summed E-state index contributed by atoms with van der Waals surface area (Å²) in [6.07, 6.45) is 7.07. The molecule has 2 aliphatic carbocycles. The fraction of sp³-hybridized carbons (Fsp3) is 0.600. The minimum Gasteiger partial charge on any atom is -0.314 e. The van der Waals surface area contributed by atoms with Gasteiger partial charge in [-0.1, -0.05) is 36.8 Å². The molecule has 0 atom stereocenters. The molecule has 2 fully saturated rings. The molecule has 86 valence electrons. The molecule has 0 unspecified atom stereocenters. The van der Waals surface area contributed by atoms with Crippen LogP contribution in [0, 0.1) is 5.92 Å². The highest BCUT2D eigenvalue weighted by Crippen LogP contribution is 2.37. The summed E-state index contributed by atoms with van der Waals surface area (Å²) in [5.41, 5.74) is 1.53. The van der Waals surface area contributed by atoms with Crippen LogP contribution in [0.1, 0.15) is 43.6 Å². The quantitative estimate of drug-likeness (QED) is 0.812. The summed E-state index contributed by atoms with van der Waals surface area (Å²) in [5.74, 6) is 1.82. The van der Waals surface area contributed by atoms with Crippen LogP contribution in [0.4, 0.5) is 0 Å². The van der Waals surface area contributed by atoms with Crippen molar-refractivity contribution < 1.29 is 0 Å². The lowest BCUT2D eigenvalue weighted by atomic mass is 9.75. The van der Waals surface area contributed by atoms with Crippen molar-refractivity contribution in [1.29, 1.82) is 0 Å². The summed E-state index contributed by atoms with van der Waals surface area (Å²) >= 11 is 0. The minimum absolute atomic E-state index is 0.797. The van der Waals surface area contributed by atoms with E-state index < -0.39 is 0 Å². The van der Waals surface area contributed by atoms with E-state index in [1.54, 1.807) is 0 Å². The first-order chi connectivity index (χ1) is 7.92. The largest absolute Gasteiger partial charge is 0.314 e. The Bertz CT molecular complexity index is 323.